The number of ether oxygens (including phenoxy) is 2. The van der Waals surface area contributed by atoms with Gasteiger partial charge in [0.2, 0.25) is 0 Å². The molecule has 0 aromatic heterocycles. The lowest BCUT2D eigenvalue weighted by Gasteiger charge is -2.15. The maximum absolute atomic E-state index is 6.16. The van der Waals surface area contributed by atoms with E-state index in [2.05, 4.69) is 44.1 Å². The van der Waals surface area contributed by atoms with Crippen LogP contribution in [-0.4, -0.2) is 13.7 Å². The van der Waals surface area contributed by atoms with Gasteiger partial charge in [0.1, 0.15) is 11.5 Å². The number of halogens is 3. The van der Waals surface area contributed by atoms with Crippen molar-refractivity contribution in [3.63, 3.8) is 0 Å². The molecule has 0 atom stereocenters. The fourth-order valence-corrected chi connectivity index (χ4v) is 3.77. The molecule has 0 heterocycles. The molecule has 0 saturated carbocycles. The van der Waals surface area contributed by atoms with Crippen molar-refractivity contribution in [3.8, 4) is 11.5 Å². The summed E-state index contributed by atoms with van der Waals surface area (Å²) in [5.41, 5.74) is 1.99. The van der Waals surface area contributed by atoms with Crippen LogP contribution in [0.3, 0.4) is 0 Å². The Labute approximate surface area is 158 Å². The fraction of sp³-hybridized carbons (Fsp3) is 0.294. The number of hydrogen-bond donors (Lipinski definition) is 1. The lowest BCUT2D eigenvalue weighted by Crippen LogP contribution is -2.05. The first-order valence-corrected chi connectivity index (χ1v) is 9.19. The molecule has 124 valence electrons. The van der Waals surface area contributed by atoms with Gasteiger partial charge in [0.05, 0.1) is 23.2 Å². The summed E-state index contributed by atoms with van der Waals surface area (Å²) < 4.78 is 13.0. The maximum Gasteiger partial charge on any atom is 0.138 e. The molecule has 3 nitrogen and oxygen atoms in total. The predicted molar refractivity (Wildman–Crippen MR) is 103 cm³/mol. The first kappa shape index (κ1) is 18.4. The van der Waals surface area contributed by atoms with Crippen molar-refractivity contribution in [3.05, 3.63) is 49.9 Å². The van der Waals surface area contributed by atoms with E-state index in [0.29, 0.717) is 23.9 Å². The van der Waals surface area contributed by atoms with E-state index in [1.165, 1.54) is 0 Å². The van der Waals surface area contributed by atoms with Gasteiger partial charge in [-0.1, -0.05) is 34.5 Å². The topological polar surface area (TPSA) is 30.5 Å². The summed E-state index contributed by atoms with van der Waals surface area (Å²) in [6, 6.07) is 9.66. The quantitative estimate of drug-likeness (QED) is 0.525. The Hall–Kier alpha value is -0.910. The second-order valence-electron chi connectivity index (χ2n) is 4.93. The van der Waals surface area contributed by atoms with E-state index in [4.69, 9.17) is 21.1 Å². The third kappa shape index (κ3) is 5.03. The van der Waals surface area contributed by atoms with E-state index in [1.54, 1.807) is 7.11 Å². The van der Waals surface area contributed by atoms with Crippen LogP contribution in [0.4, 0.5) is 5.69 Å². The molecule has 0 spiro atoms. The third-order valence-corrected chi connectivity index (χ3v) is 4.51. The zero-order valence-corrected chi connectivity index (χ0v) is 16.9. The molecule has 0 amide bonds. The SMILES string of the molecule is CCCOc1c(Br)cc(Br)cc1CNc1ccc(OC)c(Cl)c1. The summed E-state index contributed by atoms with van der Waals surface area (Å²) in [5, 5.41) is 3.94. The van der Waals surface area contributed by atoms with Gasteiger partial charge in [-0.15, -0.1) is 0 Å². The Kier molecular flexibility index (Phi) is 7.06. The molecular formula is C17H18Br2ClNO2. The number of nitrogens with one attached hydrogen (secondary N) is 1. The predicted octanol–water partition coefficient (Wildman–Crippen LogP) is 6.27. The van der Waals surface area contributed by atoms with E-state index in [-0.39, 0.29) is 0 Å². The molecule has 0 radical (unpaired) electrons. The van der Waals surface area contributed by atoms with Gasteiger partial charge in [-0.05, 0) is 52.7 Å². The Morgan fingerprint density at radius 2 is 1.96 bits per heavy atom. The minimum atomic E-state index is 0.579. The number of rotatable bonds is 7. The lowest BCUT2D eigenvalue weighted by atomic mass is 10.2. The maximum atomic E-state index is 6.16. The van der Waals surface area contributed by atoms with Crippen molar-refractivity contribution >= 4 is 49.1 Å². The van der Waals surface area contributed by atoms with Crippen LogP contribution < -0.4 is 14.8 Å². The van der Waals surface area contributed by atoms with Crippen LogP contribution in [0, 0.1) is 0 Å². The standard InChI is InChI=1S/C17H18Br2ClNO2/c1-3-6-23-17-11(7-12(18)8-14(17)19)10-21-13-4-5-16(22-2)15(20)9-13/h4-5,7-9,21H,3,6,10H2,1-2H3. The average Bonchev–Trinajstić information content (AvgIpc) is 2.52. The van der Waals surface area contributed by atoms with Crippen LogP contribution in [-0.2, 0) is 6.54 Å². The van der Waals surface area contributed by atoms with E-state index >= 15 is 0 Å². The highest BCUT2D eigenvalue weighted by atomic mass is 79.9. The van der Waals surface area contributed by atoms with Crippen LogP contribution in [0.1, 0.15) is 18.9 Å². The van der Waals surface area contributed by atoms with Gasteiger partial charge in [-0.3, -0.25) is 0 Å². The van der Waals surface area contributed by atoms with Gasteiger partial charge in [-0.25, -0.2) is 0 Å². The molecule has 23 heavy (non-hydrogen) atoms. The van der Waals surface area contributed by atoms with Crippen molar-refractivity contribution in [1.82, 2.24) is 0 Å². The molecule has 0 saturated heterocycles. The first-order valence-electron chi connectivity index (χ1n) is 7.23. The largest absolute Gasteiger partial charge is 0.495 e. The summed E-state index contributed by atoms with van der Waals surface area (Å²) in [5.74, 6) is 1.52. The number of methoxy groups -OCH3 is 1. The lowest BCUT2D eigenvalue weighted by molar-refractivity contribution is 0.312. The van der Waals surface area contributed by atoms with Gasteiger partial charge >= 0.3 is 0 Å². The molecule has 0 aliphatic rings. The van der Waals surface area contributed by atoms with Crippen molar-refractivity contribution < 1.29 is 9.47 Å². The van der Waals surface area contributed by atoms with Crippen molar-refractivity contribution in [2.75, 3.05) is 19.0 Å². The Morgan fingerprint density at radius 1 is 1.17 bits per heavy atom. The van der Waals surface area contributed by atoms with E-state index in [9.17, 15) is 0 Å². The van der Waals surface area contributed by atoms with Crippen molar-refractivity contribution in [2.24, 2.45) is 0 Å². The second-order valence-corrected chi connectivity index (χ2v) is 7.10. The molecule has 2 aromatic rings. The highest BCUT2D eigenvalue weighted by molar-refractivity contribution is 9.11. The smallest absolute Gasteiger partial charge is 0.138 e. The van der Waals surface area contributed by atoms with Crippen molar-refractivity contribution in [1.29, 1.82) is 0 Å². The van der Waals surface area contributed by atoms with Gasteiger partial charge in [0.15, 0.2) is 0 Å². The average molecular weight is 464 g/mol. The van der Waals surface area contributed by atoms with Crippen LogP contribution in [0.25, 0.3) is 0 Å². The molecule has 0 fully saturated rings. The summed E-state index contributed by atoms with van der Waals surface area (Å²) in [4.78, 5) is 0. The Morgan fingerprint density at radius 3 is 2.61 bits per heavy atom. The van der Waals surface area contributed by atoms with Gasteiger partial charge in [-0.2, -0.15) is 0 Å². The molecular weight excluding hydrogens is 445 g/mol. The Balaban J connectivity index is 2.17. The Bertz CT molecular complexity index is 680. The van der Waals surface area contributed by atoms with E-state index < -0.39 is 0 Å². The van der Waals surface area contributed by atoms with E-state index in [1.807, 2.05) is 30.3 Å². The van der Waals surface area contributed by atoms with Gasteiger partial charge in [0, 0.05) is 22.3 Å². The summed E-state index contributed by atoms with van der Waals surface area (Å²) in [6.07, 6.45) is 0.962. The van der Waals surface area contributed by atoms with Crippen LogP contribution in [0.2, 0.25) is 5.02 Å². The first-order chi connectivity index (χ1) is 11.0. The van der Waals surface area contributed by atoms with E-state index in [0.717, 1.165) is 32.4 Å². The minimum Gasteiger partial charge on any atom is -0.495 e. The summed E-state index contributed by atoms with van der Waals surface area (Å²) in [7, 11) is 1.60. The minimum absolute atomic E-state index is 0.579. The van der Waals surface area contributed by atoms with Crippen LogP contribution in [0.5, 0.6) is 11.5 Å². The highest BCUT2D eigenvalue weighted by Gasteiger charge is 2.11. The molecule has 6 heteroatoms. The summed E-state index contributed by atoms with van der Waals surface area (Å²) in [6.45, 7) is 3.39. The monoisotopic (exact) mass is 461 g/mol. The molecule has 1 N–H and O–H groups in total. The third-order valence-electron chi connectivity index (χ3n) is 3.17. The highest BCUT2D eigenvalue weighted by Crippen LogP contribution is 2.34. The van der Waals surface area contributed by atoms with Crippen LogP contribution in [0.15, 0.2) is 39.3 Å². The van der Waals surface area contributed by atoms with Crippen molar-refractivity contribution in [2.45, 2.75) is 19.9 Å². The zero-order valence-electron chi connectivity index (χ0n) is 13.0. The molecule has 0 aliphatic heterocycles. The number of hydrogen-bond acceptors (Lipinski definition) is 3. The second kappa shape index (κ2) is 8.81. The zero-order chi connectivity index (χ0) is 16.8. The number of anilines is 1. The molecule has 2 aromatic carbocycles. The summed E-state index contributed by atoms with van der Waals surface area (Å²) >= 11 is 13.2. The van der Waals surface area contributed by atoms with Gasteiger partial charge < -0.3 is 14.8 Å². The molecule has 2 rings (SSSR count). The normalized spacial score (nSPS) is 10.5. The molecule has 0 aliphatic carbocycles. The van der Waals surface area contributed by atoms with Gasteiger partial charge in [0.25, 0.3) is 0 Å². The van der Waals surface area contributed by atoms with Crippen LogP contribution >= 0.6 is 43.5 Å². The fourth-order valence-electron chi connectivity index (χ4n) is 2.08. The number of benzene rings is 2. The molecule has 0 unspecified atom stereocenters. The molecule has 0 bridgehead atoms.